The summed E-state index contributed by atoms with van der Waals surface area (Å²) in [6.45, 7) is 1.90. The number of para-hydroxylation sites is 1. The summed E-state index contributed by atoms with van der Waals surface area (Å²) < 4.78 is 14.3. The van der Waals surface area contributed by atoms with Gasteiger partial charge in [0.15, 0.2) is 0 Å². The molecule has 2 nitrogen and oxygen atoms in total. The Kier molecular flexibility index (Phi) is 3.33. The molecule has 0 saturated carbocycles. The molecule has 0 saturated heterocycles. The summed E-state index contributed by atoms with van der Waals surface area (Å²) in [5.41, 5.74) is 8.61. The van der Waals surface area contributed by atoms with Gasteiger partial charge in [0, 0.05) is 15.8 Å². The largest absolute Gasteiger partial charge is 0.398 e. The first-order chi connectivity index (χ1) is 8.09. The monoisotopic (exact) mass is 294 g/mol. The summed E-state index contributed by atoms with van der Waals surface area (Å²) in [5, 5.41) is 3.05. The molecule has 0 radical (unpaired) electrons. The molecule has 2 rings (SSSR count). The molecule has 0 unspecified atom stereocenters. The molecule has 0 aliphatic heterocycles. The van der Waals surface area contributed by atoms with E-state index in [1.165, 1.54) is 6.07 Å². The minimum Gasteiger partial charge on any atom is -0.398 e. The second-order valence-electron chi connectivity index (χ2n) is 3.74. The second kappa shape index (κ2) is 4.75. The lowest BCUT2D eigenvalue weighted by atomic mass is 10.1. The van der Waals surface area contributed by atoms with E-state index >= 15 is 0 Å². The van der Waals surface area contributed by atoms with E-state index in [0.717, 1.165) is 11.3 Å². The van der Waals surface area contributed by atoms with Gasteiger partial charge in [-0.2, -0.15) is 0 Å². The number of benzene rings is 2. The standard InChI is InChI=1S/C13H12BrFN2/c1-8-11(16)6-3-7-12(8)17-13-9(14)4-2-5-10(13)15/h2-7,17H,16H2,1H3. The second-order valence-corrected chi connectivity index (χ2v) is 4.60. The number of hydrogen-bond donors (Lipinski definition) is 2. The number of halogens is 2. The van der Waals surface area contributed by atoms with Gasteiger partial charge in [-0.05, 0) is 52.7 Å². The normalized spacial score (nSPS) is 10.3. The maximum absolute atomic E-state index is 13.6. The molecule has 0 heterocycles. The number of nitrogens with one attached hydrogen (secondary N) is 1. The van der Waals surface area contributed by atoms with Gasteiger partial charge in [0.25, 0.3) is 0 Å². The minimum absolute atomic E-state index is 0.304. The van der Waals surface area contributed by atoms with E-state index in [-0.39, 0.29) is 5.82 Å². The van der Waals surface area contributed by atoms with Crippen LogP contribution in [0.1, 0.15) is 5.56 Å². The van der Waals surface area contributed by atoms with E-state index in [9.17, 15) is 4.39 Å². The van der Waals surface area contributed by atoms with Crippen LogP contribution in [0.4, 0.5) is 21.5 Å². The Morgan fingerprint density at radius 1 is 1.18 bits per heavy atom. The van der Waals surface area contributed by atoms with Crippen molar-refractivity contribution in [2.45, 2.75) is 6.92 Å². The molecule has 0 amide bonds. The fraction of sp³-hybridized carbons (Fsp3) is 0.0769. The summed E-state index contributed by atoms with van der Waals surface area (Å²) in [7, 11) is 0. The zero-order chi connectivity index (χ0) is 12.4. The van der Waals surface area contributed by atoms with Gasteiger partial charge in [-0.1, -0.05) is 12.1 Å². The predicted octanol–water partition coefficient (Wildman–Crippen LogP) is 4.22. The van der Waals surface area contributed by atoms with E-state index in [0.29, 0.717) is 15.8 Å². The minimum atomic E-state index is -0.304. The van der Waals surface area contributed by atoms with Crippen LogP contribution < -0.4 is 11.1 Å². The van der Waals surface area contributed by atoms with Crippen molar-refractivity contribution in [2.24, 2.45) is 0 Å². The Labute approximate surface area is 108 Å². The van der Waals surface area contributed by atoms with Crippen LogP contribution in [0, 0.1) is 12.7 Å². The van der Waals surface area contributed by atoms with E-state index in [1.807, 2.05) is 25.1 Å². The molecule has 0 bridgehead atoms. The number of nitrogens with two attached hydrogens (primary N) is 1. The lowest BCUT2D eigenvalue weighted by Gasteiger charge is -2.13. The van der Waals surface area contributed by atoms with Crippen molar-refractivity contribution in [3.8, 4) is 0 Å². The molecular weight excluding hydrogens is 283 g/mol. The maximum Gasteiger partial charge on any atom is 0.147 e. The van der Waals surface area contributed by atoms with Crippen molar-refractivity contribution < 1.29 is 4.39 Å². The molecule has 17 heavy (non-hydrogen) atoms. The van der Waals surface area contributed by atoms with Crippen molar-refractivity contribution in [2.75, 3.05) is 11.1 Å². The van der Waals surface area contributed by atoms with Crippen LogP contribution in [0.25, 0.3) is 0 Å². The van der Waals surface area contributed by atoms with Crippen LogP contribution >= 0.6 is 15.9 Å². The summed E-state index contributed by atoms with van der Waals surface area (Å²) in [4.78, 5) is 0. The molecule has 0 spiro atoms. The molecule has 2 aromatic rings. The summed E-state index contributed by atoms with van der Waals surface area (Å²) in [6, 6.07) is 10.4. The van der Waals surface area contributed by atoms with E-state index in [2.05, 4.69) is 21.2 Å². The molecule has 3 N–H and O–H groups in total. The Hall–Kier alpha value is -1.55. The van der Waals surface area contributed by atoms with Crippen molar-refractivity contribution in [3.05, 3.63) is 52.3 Å². The summed E-state index contributed by atoms with van der Waals surface area (Å²) in [6.07, 6.45) is 0. The molecule has 2 aromatic carbocycles. The molecule has 0 atom stereocenters. The molecule has 4 heteroatoms. The topological polar surface area (TPSA) is 38.0 Å². The Morgan fingerprint density at radius 2 is 1.88 bits per heavy atom. The van der Waals surface area contributed by atoms with Crippen LogP contribution in [-0.2, 0) is 0 Å². The average Bonchev–Trinajstić information content (AvgIpc) is 2.29. The third-order valence-electron chi connectivity index (χ3n) is 2.60. The molecular formula is C13H12BrFN2. The van der Waals surface area contributed by atoms with Crippen LogP contribution in [0.2, 0.25) is 0 Å². The molecule has 0 aliphatic rings. The van der Waals surface area contributed by atoms with Gasteiger partial charge < -0.3 is 11.1 Å². The van der Waals surface area contributed by atoms with E-state index in [4.69, 9.17) is 5.73 Å². The average molecular weight is 295 g/mol. The number of anilines is 3. The van der Waals surface area contributed by atoms with Crippen LogP contribution in [-0.4, -0.2) is 0 Å². The van der Waals surface area contributed by atoms with Crippen molar-refractivity contribution in [1.82, 2.24) is 0 Å². The van der Waals surface area contributed by atoms with Gasteiger partial charge in [0.2, 0.25) is 0 Å². The lowest BCUT2D eigenvalue weighted by Crippen LogP contribution is -1.99. The highest BCUT2D eigenvalue weighted by atomic mass is 79.9. The third kappa shape index (κ3) is 2.42. The predicted molar refractivity (Wildman–Crippen MR) is 73.0 cm³/mol. The highest BCUT2D eigenvalue weighted by Crippen LogP contribution is 2.31. The van der Waals surface area contributed by atoms with Crippen molar-refractivity contribution >= 4 is 33.0 Å². The highest BCUT2D eigenvalue weighted by molar-refractivity contribution is 9.10. The molecule has 0 aromatic heterocycles. The zero-order valence-corrected chi connectivity index (χ0v) is 10.9. The van der Waals surface area contributed by atoms with E-state index < -0.39 is 0 Å². The molecule has 0 aliphatic carbocycles. The molecule has 0 fully saturated rings. The third-order valence-corrected chi connectivity index (χ3v) is 3.26. The Balaban J connectivity index is 2.42. The smallest absolute Gasteiger partial charge is 0.147 e. The Morgan fingerprint density at radius 3 is 2.59 bits per heavy atom. The SMILES string of the molecule is Cc1c(N)cccc1Nc1c(F)cccc1Br. The first kappa shape index (κ1) is 11.9. The van der Waals surface area contributed by atoms with Crippen LogP contribution in [0.15, 0.2) is 40.9 Å². The van der Waals surface area contributed by atoms with Gasteiger partial charge in [-0.25, -0.2) is 4.39 Å². The van der Waals surface area contributed by atoms with Crippen LogP contribution in [0.5, 0.6) is 0 Å². The lowest BCUT2D eigenvalue weighted by molar-refractivity contribution is 0.631. The summed E-state index contributed by atoms with van der Waals surface area (Å²) >= 11 is 3.31. The van der Waals surface area contributed by atoms with E-state index in [1.54, 1.807) is 12.1 Å². The maximum atomic E-state index is 13.6. The Bertz CT molecular complexity index is 535. The van der Waals surface area contributed by atoms with Crippen molar-refractivity contribution in [3.63, 3.8) is 0 Å². The fourth-order valence-corrected chi connectivity index (χ4v) is 1.98. The van der Waals surface area contributed by atoms with Gasteiger partial charge in [0.1, 0.15) is 5.82 Å². The van der Waals surface area contributed by atoms with Gasteiger partial charge in [-0.15, -0.1) is 0 Å². The first-order valence-electron chi connectivity index (χ1n) is 5.15. The molecule has 88 valence electrons. The summed E-state index contributed by atoms with van der Waals surface area (Å²) in [5.74, 6) is -0.304. The number of hydrogen-bond acceptors (Lipinski definition) is 2. The van der Waals surface area contributed by atoms with Gasteiger partial charge in [0.05, 0.1) is 5.69 Å². The highest BCUT2D eigenvalue weighted by Gasteiger charge is 2.08. The quantitative estimate of drug-likeness (QED) is 0.814. The van der Waals surface area contributed by atoms with Gasteiger partial charge in [-0.3, -0.25) is 0 Å². The van der Waals surface area contributed by atoms with Crippen molar-refractivity contribution in [1.29, 1.82) is 0 Å². The zero-order valence-electron chi connectivity index (χ0n) is 9.30. The van der Waals surface area contributed by atoms with Crippen LogP contribution in [0.3, 0.4) is 0 Å². The fourth-order valence-electron chi connectivity index (χ4n) is 1.54. The number of rotatable bonds is 2. The van der Waals surface area contributed by atoms with Gasteiger partial charge >= 0.3 is 0 Å². The number of nitrogen functional groups attached to an aromatic ring is 1. The first-order valence-corrected chi connectivity index (χ1v) is 5.95.